The van der Waals surface area contributed by atoms with Crippen molar-refractivity contribution in [3.63, 3.8) is 0 Å². The van der Waals surface area contributed by atoms with Crippen molar-refractivity contribution in [1.29, 1.82) is 0 Å². The lowest BCUT2D eigenvalue weighted by Gasteiger charge is -2.00. The lowest BCUT2D eigenvalue weighted by atomic mass is 10.1. The summed E-state index contributed by atoms with van der Waals surface area (Å²) < 4.78 is 0. The summed E-state index contributed by atoms with van der Waals surface area (Å²) in [5, 5.41) is 8.53. The molecule has 0 heterocycles. The maximum Gasteiger partial charge on any atom is 0.303 e. The molecular formula is C19H34O2. The molecule has 2 heteroatoms. The van der Waals surface area contributed by atoms with Crippen LogP contribution in [-0.2, 0) is 4.79 Å². The van der Waals surface area contributed by atoms with Crippen molar-refractivity contribution in [2.45, 2.75) is 84.5 Å². The highest BCUT2D eigenvalue weighted by Crippen LogP contribution is 2.09. The summed E-state index contributed by atoms with van der Waals surface area (Å²) in [6.45, 7) is 4.47. The van der Waals surface area contributed by atoms with Crippen molar-refractivity contribution in [3.8, 4) is 0 Å². The summed E-state index contributed by atoms with van der Waals surface area (Å²) in [4.78, 5) is 10.3. The first-order valence-corrected chi connectivity index (χ1v) is 8.72. The Kier molecular flexibility index (Phi) is 14.6. The van der Waals surface area contributed by atoms with Gasteiger partial charge in [0.1, 0.15) is 0 Å². The number of rotatable bonds is 14. The Hall–Kier alpha value is -1.05. The monoisotopic (exact) mass is 294 g/mol. The SMILES string of the molecule is CCCCC/C=C\C(C)/C=C\CCCCCCCC(=O)O. The van der Waals surface area contributed by atoms with Crippen LogP contribution in [-0.4, -0.2) is 11.1 Å². The molecule has 0 aromatic rings. The van der Waals surface area contributed by atoms with E-state index >= 15 is 0 Å². The fourth-order valence-corrected chi connectivity index (χ4v) is 2.27. The minimum Gasteiger partial charge on any atom is -0.481 e. The van der Waals surface area contributed by atoms with Crippen LogP contribution in [0.2, 0.25) is 0 Å². The summed E-state index contributed by atoms with van der Waals surface area (Å²) in [5.74, 6) is -0.128. The molecule has 0 aliphatic rings. The van der Waals surface area contributed by atoms with Gasteiger partial charge in [-0.05, 0) is 38.0 Å². The zero-order chi connectivity index (χ0) is 15.8. The van der Waals surface area contributed by atoms with Gasteiger partial charge in [0.05, 0.1) is 0 Å². The Balaban J connectivity index is 3.39. The second kappa shape index (κ2) is 15.3. The van der Waals surface area contributed by atoms with Crippen molar-refractivity contribution in [3.05, 3.63) is 24.3 Å². The molecule has 0 fully saturated rings. The van der Waals surface area contributed by atoms with Gasteiger partial charge in [-0.15, -0.1) is 0 Å². The van der Waals surface area contributed by atoms with Gasteiger partial charge in [-0.2, -0.15) is 0 Å². The molecule has 0 aromatic heterocycles. The van der Waals surface area contributed by atoms with Crippen molar-refractivity contribution in [1.82, 2.24) is 0 Å². The van der Waals surface area contributed by atoms with Crippen LogP contribution in [0.1, 0.15) is 84.5 Å². The molecular weight excluding hydrogens is 260 g/mol. The molecule has 21 heavy (non-hydrogen) atoms. The van der Waals surface area contributed by atoms with Crippen LogP contribution in [0.5, 0.6) is 0 Å². The number of allylic oxidation sites excluding steroid dienone is 4. The predicted molar refractivity (Wildman–Crippen MR) is 91.5 cm³/mol. The molecule has 2 nitrogen and oxygen atoms in total. The highest BCUT2D eigenvalue weighted by atomic mass is 16.4. The molecule has 0 saturated carbocycles. The van der Waals surface area contributed by atoms with Crippen molar-refractivity contribution >= 4 is 5.97 Å². The van der Waals surface area contributed by atoms with Crippen LogP contribution < -0.4 is 0 Å². The van der Waals surface area contributed by atoms with E-state index in [-0.39, 0.29) is 0 Å². The number of carboxylic acids is 1. The van der Waals surface area contributed by atoms with Crippen molar-refractivity contribution in [2.24, 2.45) is 5.92 Å². The fourth-order valence-electron chi connectivity index (χ4n) is 2.27. The Bertz CT molecular complexity index is 292. The summed E-state index contributed by atoms with van der Waals surface area (Å²) in [6, 6.07) is 0. The largest absolute Gasteiger partial charge is 0.481 e. The third kappa shape index (κ3) is 16.9. The maximum absolute atomic E-state index is 10.3. The normalized spacial score (nSPS) is 13.2. The van der Waals surface area contributed by atoms with Crippen LogP contribution in [0.4, 0.5) is 0 Å². The molecule has 0 amide bonds. The van der Waals surface area contributed by atoms with E-state index < -0.39 is 5.97 Å². The van der Waals surface area contributed by atoms with Crippen molar-refractivity contribution < 1.29 is 9.90 Å². The maximum atomic E-state index is 10.3. The molecule has 0 spiro atoms. The van der Waals surface area contributed by atoms with E-state index in [2.05, 4.69) is 38.2 Å². The summed E-state index contributed by atoms with van der Waals surface area (Å²) in [7, 11) is 0. The van der Waals surface area contributed by atoms with Gasteiger partial charge in [0, 0.05) is 6.42 Å². The summed E-state index contributed by atoms with van der Waals surface area (Å²) >= 11 is 0. The van der Waals surface area contributed by atoms with E-state index in [1.807, 2.05) is 0 Å². The second-order valence-electron chi connectivity index (χ2n) is 5.91. The first-order chi connectivity index (χ1) is 10.2. The standard InChI is InChI=1S/C19H34O2/c1-3-4-5-9-12-15-18(2)16-13-10-7-6-8-11-14-17-19(20)21/h12-13,15-16,18H,3-11,14,17H2,1-2H3,(H,20,21)/b15-12-,16-13-. The summed E-state index contributed by atoms with van der Waals surface area (Å²) in [5.41, 5.74) is 0. The Labute approximate surface area is 131 Å². The molecule has 0 rings (SSSR count). The molecule has 0 aliphatic carbocycles. The topological polar surface area (TPSA) is 37.3 Å². The molecule has 0 bridgehead atoms. The Morgan fingerprint density at radius 1 is 0.905 bits per heavy atom. The third-order valence-electron chi connectivity index (χ3n) is 3.62. The van der Waals surface area contributed by atoms with Gasteiger partial charge in [0.25, 0.3) is 0 Å². The van der Waals surface area contributed by atoms with Crippen molar-refractivity contribution in [2.75, 3.05) is 0 Å². The van der Waals surface area contributed by atoms with Gasteiger partial charge >= 0.3 is 5.97 Å². The second-order valence-corrected chi connectivity index (χ2v) is 5.91. The van der Waals surface area contributed by atoms with Gasteiger partial charge in [-0.3, -0.25) is 4.79 Å². The molecule has 122 valence electrons. The average Bonchev–Trinajstić information content (AvgIpc) is 2.45. The molecule has 1 unspecified atom stereocenters. The van der Waals surface area contributed by atoms with E-state index in [0.717, 1.165) is 25.7 Å². The molecule has 0 radical (unpaired) electrons. The van der Waals surface area contributed by atoms with E-state index in [1.165, 1.54) is 38.5 Å². The van der Waals surface area contributed by atoms with E-state index in [0.29, 0.717) is 12.3 Å². The van der Waals surface area contributed by atoms with Gasteiger partial charge in [-0.1, -0.05) is 70.3 Å². The lowest BCUT2D eigenvalue weighted by Crippen LogP contribution is -1.93. The fraction of sp³-hybridized carbons (Fsp3) is 0.737. The van der Waals surface area contributed by atoms with E-state index in [4.69, 9.17) is 5.11 Å². The Morgan fingerprint density at radius 3 is 2.00 bits per heavy atom. The number of hydrogen-bond acceptors (Lipinski definition) is 1. The van der Waals surface area contributed by atoms with Crippen LogP contribution in [0, 0.1) is 5.92 Å². The number of carboxylic acid groups (broad SMARTS) is 1. The Morgan fingerprint density at radius 2 is 1.43 bits per heavy atom. The number of carbonyl (C=O) groups is 1. The van der Waals surface area contributed by atoms with Gasteiger partial charge in [0.15, 0.2) is 0 Å². The highest BCUT2D eigenvalue weighted by Gasteiger charge is 1.96. The average molecular weight is 294 g/mol. The first kappa shape index (κ1) is 19.9. The molecule has 0 aromatic carbocycles. The van der Waals surface area contributed by atoms with Gasteiger partial charge < -0.3 is 5.11 Å². The highest BCUT2D eigenvalue weighted by molar-refractivity contribution is 5.66. The molecule has 0 aliphatic heterocycles. The molecule has 1 N–H and O–H groups in total. The molecule has 0 saturated heterocycles. The minimum absolute atomic E-state index is 0.321. The van der Waals surface area contributed by atoms with Crippen LogP contribution in [0.3, 0.4) is 0 Å². The number of hydrogen-bond donors (Lipinski definition) is 1. The quantitative estimate of drug-likeness (QED) is 0.309. The zero-order valence-electron chi connectivity index (χ0n) is 14.0. The van der Waals surface area contributed by atoms with Gasteiger partial charge in [-0.25, -0.2) is 0 Å². The third-order valence-corrected chi connectivity index (χ3v) is 3.62. The smallest absolute Gasteiger partial charge is 0.303 e. The van der Waals surface area contributed by atoms with E-state index in [1.54, 1.807) is 0 Å². The molecule has 1 atom stereocenters. The van der Waals surface area contributed by atoms with Crippen LogP contribution >= 0.6 is 0 Å². The lowest BCUT2D eigenvalue weighted by molar-refractivity contribution is -0.137. The summed E-state index contributed by atoms with van der Waals surface area (Å²) in [6.07, 6.45) is 21.3. The van der Waals surface area contributed by atoms with Crippen LogP contribution in [0.25, 0.3) is 0 Å². The predicted octanol–water partition coefficient (Wildman–Crippen LogP) is 6.13. The van der Waals surface area contributed by atoms with Gasteiger partial charge in [0.2, 0.25) is 0 Å². The van der Waals surface area contributed by atoms with Crippen LogP contribution in [0.15, 0.2) is 24.3 Å². The number of unbranched alkanes of at least 4 members (excludes halogenated alkanes) is 8. The number of aliphatic carboxylic acids is 1. The zero-order valence-corrected chi connectivity index (χ0v) is 14.0. The van der Waals surface area contributed by atoms with E-state index in [9.17, 15) is 4.79 Å². The first-order valence-electron chi connectivity index (χ1n) is 8.72. The minimum atomic E-state index is -0.672.